The molecule has 8 heteroatoms. The molecule has 0 atom stereocenters. The van der Waals surface area contributed by atoms with Crippen LogP contribution in [-0.2, 0) is 4.79 Å². The minimum Gasteiger partial charge on any atom is -0.352 e. The highest BCUT2D eigenvalue weighted by atomic mass is 79.9. The first kappa shape index (κ1) is 23.0. The van der Waals surface area contributed by atoms with E-state index in [0.717, 1.165) is 31.4 Å². The maximum atomic E-state index is 12.3. The second-order valence-corrected chi connectivity index (χ2v) is 6.39. The number of carbonyl (C=O) groups is 2. The highest BCUT2D eigenvalue weighted by Crippen LogP contribution is 2.29. The highest BCUT2D eigenvalue weighted by Gasteiger charge is 2.26. The van der Waals surface area contributed by atoms with Gasteiger partial charge in [-0.25, -0.2) is 0 Å². The van der Waals surface area contributed by atoms with Gasteiger partial charge in [0.2, 0.25) is 5.91 Å². The normalized spacial score (nSPS) is 18.4. The van der Waals surface area contributed by atoms with E-state index < -0.39 is 0 Å². The van der Waals surface area contributed by atoms with Crippen LogP contribution < -0.4 is 10.6 Å². The number of nitrogens with zero attached hydrogens (tertiary/aromatic N) is 2. The molecule has 1 aliphatic carbocycles. The molecule has 2 amide bonds. The van der Waals surface area contributed by atoms with Gasteiger partial charge in [0.15, 0.2) is 0 Å². The molecule has 2 heterocycles. The van der Waals surface area contributed by atoms with Crippen molar-refractivity contribution in [2.75, 3.05) is 11.9 Å². The van der Waals surface area contributed by atoms with E-state index in [-0.39, 0.29) is 47.1 Å². The Hall–Kier alpha value is -1.99. The number of carbonyl (C=O) groups excluding carboxylic acids is 2. The lowest BCUT2D eigenvalue weighted by atomic mass is 9.81. The van der Waals surface area contributed by atoms with Crippen molar-refractivity contribution in [2.24, 2.45) is 11.8 Å². The van der Waals surface area contributed by atoms with Crippen LogP contribution in [0.1, 0.15) is 36.0 Å². The Morgan fingerprint density at radius 3 is 2.33 bits per heavy atom. The van der Waals surface area contributed by atoms with Gasteiger partial charge in [0.25, 0.3) is 5.91 Å². The molecule has 0 saturated heterocycles. The molecule has 0 spiro atoms. The summed E-state index contributed by atoms with van der Waals surface area (Å²) in [5, 5.41) is 5.91. The zero-order valence-electron chi connectivity index (χ0n) is 14.8. The SMILES string of the molecule is Br.Cl.O=C(NCC1CCC(C(=O)Nc2ccncc2)CC1)c1cccnc1. The molecule has 1 fully saturated rings. The van der Waals surface area contributed by atoms with Crippen molar-refractivity contribution >= 4 is 46.9 Å². The smallest absolute Gasteiger partial charge is 0.252 e. The van der Waals surface area contributed by atoms with Crippen molar-refractivity contribution in [3.63, 3.8) is 0 Å². The van der Waals surface area contributed by atoms with Crippen LogP contribution in [-0.4, -0.2) is 28.3 Å². The molecule has 3 rings (SSSR count). The Balaban J connectivity index is 0.00000182. The fourth-order valence-electron chi connectivity index (χ4n) is 3.14. The number of nitrogens with one attached hydrogen (secondary N) is 2. The van der Waals surface area contributed by atoms with Crippen molar-refractivity contribution < 1.29 is 9.59 Å². The van der Waals surface area contributed by atoms with Crippen molar-refractivity contribution in [3.05, 3.63) is 54.6 Å². The van der Waals surface area contributed by atoms with Crippen LogP contribution in [0, 0.1) is 11.8 Å². The van der Waals surface area contributed by atoms with Crippen LogP contribution in [0.2, 0.25) is 0 Å². The second kappa shape index (κ2) is 11.7. The monoisotopic (exact) mass is 454 g/mol. The molecule has 27 heavy (non-hydrogen) atoms. The van der Waals surface area contributed by atoms with Crippen molar-refractivity contribution in [3.8, 4) is 0 Å². The summed E-state index contributed by atoms with van der Waals surface area (Å²) in [6.07, 6.45) is 10.1. The topological polar surface area (TPSA) is 84.0 Å². The fourth-order valence-corrected chi connectivity index (χ4v) is 3.14. The third kappa shape index (κ3) is 6.92. The molecule has 0 bridgehead atoms. The summed E-state index contributed by atoms with van der Waals surface area (Å²) in [4.78, 5) is 32.3. The van der Waals surface area contributed by atoms with E-state index >= 15 is 0 Å². The Kier molecular flexibility index (Phi) is 9.96. The third-order valence-electron chi connectivity index (χ3n) is 4.64. The molecule has 2 N–H and O–H groups in total. The number of amides is 2. The van der Waals surface area contributed by atoms with Gasteiger partial charge in [-0.05, 0) is 55.9 Å². The quantitative estimate of drug-likeness (QED) is 0.721. The van der Waals surface area contributed by atoms with E-state index in [1.165, 1.54) is 0 Å². The first-order valence-electron chi connectivity index (χ1n) is 8.61. The second-order valence-electron chi connectivity index (χ2n) is 6.39. The van der Waals surface area contributed by atoms with Gasteiger partial charge in [0, 0.05) is 42.9 Å². The van der Waals surface area contributed by atoms with E-state index in [9.17, 15) is 9.59 Å². The number of hydrogen-bond donors (Lipinski definition) is 2. The van der Waals surface area contributed by atoms with E-state index in [1.807, 2.05) is 0 Å². The summed E-state index contributed by atoms with van der Waals surface area (Å²) in [5.41, 5.74) is 1.36. The van der Waals surface area contributed by atoms with Crippen LogP contribution in [0.3, 0.4) is 0 Å². The predicted molar refractivity (Wildman–Crippen MR) is 112 cm³/mol. The Morgan fingerprint density at radius 1 is 1.00 bits per heavy atom. The maximum Gasteiger partial charge on any atom is 0.252 e. The average molecular weight is 456 g/mol. The number of anilines is 1. The molecule has 0 aliphatic heterocycles. The summed E-state index contributed by atoms with van der Waals surface area (Å²) >= 11 is 0. The molecule has 0 aromatic carbocycles. The Labute approximate surface area is 175 Å². The molecule has 1 aliphatic rings. The van der Waals surface area contributed by atoms with E-state index in [1.54, 1.807) is 49.1 Å². The van der Waals surface area contributed by atoms with Crippen molar-refractivity contribution in [1.29, 1.82) is 0 Å². The molecular weight excluding hydrogens is 432 g/mol. The number of rotatable bonds is 5. The van der Waals surface area contributed by atoms with E-state index in [2.05, 4.69) is 20.6 Å². The molecular formula is C19H24BrClN4O2. The zero-order chi connectivity index (χ0) is 17.5. The number of hydrogen-bond acceptors (Lipinski definition) is 4. The molecule has 0 unspecified atom stereocenters. The van der Waals surface area contributed by atoms with Crippen LogP contribution in [0.4, 0.5) is 5.69 Å². The lowest BCUT2D eigenvalue weighted by molar-refractivity contribution is -0.121. The van der Waals surface area contributed by atoms with E-state index in [0.29, 0.717) is 18.0 Å². The summed E-state index contributed by atoms with van der Waals surface area (Å²) in [6, 6.07) is 7.08. The van der Waals surface area contributed by atoms with Gasteiger partial charge < -0.3 is 10.6 Å². The van der Waals surface area contributed by atoms with Crippen LogP contribution in [0.5, 0.6) is 0 Å². The molecule has 2 aromatic heterocycles. The molecule has 1 saturated carbocycles. The average Bonchev–Trinajstić information content (AvgIpc) is 2.68. The number of aromatic nitrogens is 2. The van der Waals surface area contributed by atoms with Crippen molar-refractivity contribution in [1.82, 2.24) is 15.3 Å². The van der Waals surface area contributed by atoms with Crippen molar-refractivity contribution in [2.45, 2.75) is 25.7 Å². The standard InChI is InChI=1S/C19H22N4O2.BrH.ClH/c24-18(16-2-1-9-21-13-16)22-12-14-3-5-15(6-4-14)19(25)23-17-7-10-20-11-8-17;;/h1-2,7-11,13-15H,3-6,12H2,(H,22,24)(H,20,23,25);2*1H. The molecule has 146 valence electrons. The number of pyridine rings is 2. The first-order chi connectivity index (χ1) is 12.2. The van der Waals surface area contributed by atoms with Gasteiger partial charge in [-0.15, -0.1) is 29.4 Å². The van der Waals surface area contributed by atoms with Gasteiger partial charge in [0.05, 0.1) is 5.56 Å². The van der Waals surface area contributed by atoms with E-state index in [4.69, 9.17) is 0 Å². The van der Waals surface area contributed by atoms with Gasteiger partial charge >= 0.3 is 0 Å². The maximum absolute atomic E-state index is 12.3. The third-order valence-corrected chi connectivity index (χ3v) is 4.64. The van der Waals surface area contributed by atoms with Gasteiger partial charge in [-0.2, -0.15) is 0 Å². The Bertz CT molecular complexity index is 710. The minimum atomic E-state index is -0.0920. The molecule has 0 radical (unpaired) electrons. The van der Waals surface area contributed by atoms with Crippen LogP contribution >= 0.6 is 29.4 Å². The van der Waals surface area contributed by atoms with Gasteiger partial charge in [0.1, 0.15) is 0 Å². The highest BCUT2D eigenvalue weighted by molar-refractivity contribution is 8.93. The lowest BCUT2D eigenvalue weighted by Crippen LogP contribution is -2.33. The first-order valence-corrected chi connectivity index (χ1v) is 8.61. The summed E-state index contributed by atoms with van der Waals surface area (Å²) in [7, 11) is 0. The molecule has 2 aromatic rings. The summed E-state index contributed by atoms with van der Waals surface area (Å²) < 4.78 is 0. The zero-order valence-corrected chi connectivity index (χ0v) is 17.4. The summed E-state index contributed by atoms with van der Waals surface area (Å²) in [5.74, 6) is 0.443. The predicted octanol–water partition coefficient (Wildman–Crippen LogP) is 3.65. The van der Waals surface area contributed by atoms with Crippen LogP contribution in [0.15, 0.2) is 49.1 Å². The summed E-state index contributed by atoms with van der Waals surface area (Å²) in [6.45, 7) is 0.645. The molecule has 6 nitrogen and oxygen atoms in total. The van der Waals surface area contributed by atoms with Gasteiger partial charge in [-0.1, -0.05) is 0 Å². The van der Waals surface area contributed by atoms with Gasteiger partial charge in [-0.3, -0.25) is 19.6 Å². The minimum absolute atomic E-state index is 0. The largest absolute Gasteiger partial charge is 0.352 e. The Morgan fingerprint density at radius 2 is 1.70 bits per heavy atom. The lowest BCUT2D eigenvalue weighted by Gasteiger charge is -2.27. The van der Waals surface area contributed by atoms with Crippen LogP contribution in [0.25, 0.3) is 0 Å². The number of halogens is 2. The fraction of sp³-hybridized carbons (Fsp3) is 0.368.